The van der Waals surface area contributed by atoms with E-state index in [0.29, 0.717) is 0 Å². The molecule has 55 valence electrons. The SMILES string of the molecule is Cc1c2cc[c]cc2nn1C. The second-order valence-corrected chi connectivity index (χ2v) is 2.65. The van der Waals surface area contributed by atoms with Gasteiger partial charge < -0.3 is 0 Å². The van der Waals surface area contributed by atoms with Gasteiger partial charge in [-0.15, -0.1) is 0 Å². The molecule has 0 aliphatic heterocycles. The van der Waals surface area contributed by atoms with Gasteiger partial charge in [0, 0.05) is 18.1 Å². The summed E-state index contributed by atoms with van der Waals surface area (Å²) in [4.78, 5) is 0. The zero-order chi connectivity index (χ0) is 7.84. The van der Waals surface area contributed by atoms with Gasteiger partial charge in [0.05, 0.1) is 5.52 Å². The van der Waals surface area contributed by atoms with Crippen LogP contribution in [0.3, 0.4) is 0 Å². The average Bonchev–Trinajstić information content (AvgIpc) is 2.30. The molecule has 0 fully saturated rings. The third-order valence-electron chi connectivity index (χ3n) is 1.98. The van der Waals surface area contributed by atoms with E-state index < -0.39 is 0 Å². The molecule has 0 saturated carbocycles. The highest BCUT2D eigenvalue weighted by Crippen LogP contribution is 2.14. The predicted octanol–water partition coefficient (Wildman–Crippen LogP) is 1.68. The van der Waals surface area contributed by atoms with Gasteiger partial charge in [0.15, 0.2) is 0 Å². The van der Waals surface area contributed by atoms with E-state index in [9.17, 15) is 0 Å². The first-order valence-electron chi connectivity index (χ1n) is 3.58. The van der Waals surface area contributed by atoms with Crippen LogP contribution in [0.5, 0.6) is 0 Å². The number of fused-ring (bicyclic) bond motifs is 1. The van der Waals surface area contributed by atoms with Gasteiger partial charge in [0.2, 0.25) is 0 Å². The Morgan fingerprint density at radius 3 is 3.09 bits per heavy atom. The molecule has 2 aromatic rings. The summed E-state index contributed by atoms with van der Waals surface area (Å²) in [5, 5.41) is 5.51. The summed E-state index contributed by atoms with van der Waals surface area (Å²) in [6.45, 7) is 2.06. The van der Waals surface area contributed by atoms with Crippen LogP contribution < -0.4 is 0 Å². The highest BCUT2D eigenvalue weighted by atomic mass is 15.3. The minimum Gasteiger partial charge on any atom is -0.272 e. The van der Waals surface area contributed by atoms with E-state index in [1.165, 1.54) is 11.1 Å². The largest absolute Gasteiger partial charge is 0.272 e. The summed E-state index contributed by atoms with van der Waals surface area (Å²) >= 11 is 0. The van der Waals surface area contributed by atoms with Crippen molar-refractivity contribution in [3.05, 3.63) is 30.0 Å². The van der Waals surface area contributed by atoms with Crippen molar-refractivity contribution in [3.63, 3.8) is 0 Å². The maximum absolute atomic E-state index is 4.30. The van der Waals surface area contributed by atoms with Crippen LogP contribution >= 0.6 is 0 Å². The number of benzene rings is 1. The third-order valence-corrected chi connectivity index (χ3v) is 1.98. The van der Waals surface area contributed by atoms with Gasteiger partial charge >= 0.3 is 0 Å². The fraction of sp³-hybridized carbons (Fsp3) is 0.222. The molecule has 0 unspecified atom stereocenters. The zero-order valence-electron chi connectivity index (χ0n) is 6.63. The molecule has 1 radical (unpaired) electrons. The zero-order valence-corrected chi connectivity index (χ0v) is 6.63. The minimum atomic E-state index is 1.02. The van der Waals surface area contributed by atoms with Crippen molar-refractivity contribution in [1.82, 2.24) is 9.78 Å². The monoisotopic (exact) mass is 145 g/mol. The molecule has 0 amide bonds. The van der Waals surface area contributed by atoms with Crippen LogP contribution in [0, 0.1) is 13.0 Å². The number of nitrogens with zero attached hydrogens (tertiary/aromatic N) is 2. The lowest BCUT2D eigenvalue weighted by Gasteiger charge is -1.89. The van der Waals surface area contributed by atoms with E-state index in [1.54, 1.807) is 0 Å². The fourth-order valence-electron chi connectivity index (χ4n) is 1.22. The van der Waals surface area contributed by atoms with Gasteiger partial charge in [-0.25, -0.2) is 0 Å². The van der Waals surface area contributed by atoms with E-state index >= 15 is 0 Å². The minimum absolute atomic E-state index is 1.02. The number of aryl methyl sites for hydroxylation is 2. The predicted molar refractivity (Wildman–Crippen MR) is 44.3 cm³/mol. The van der Waals surface area contributed by atoms with Crippen LogP contribution in [0.4, 0.5) is 0 Å². The highest BCUT2D eigenvalue weighted by molar-refractivity contribution is 5.80. The van der Waals surface area contributed by atoms with Crippen LogP contribution in [-0.2, 0) is 7.05 Å². The lowest BCUT2D eigenvalue weighted by Crippen LogP contribution is -1.91. The van der Waals surface area contributed by atoms with Gasteiger partial charge in [-0.3, -0.25) is 4.68 Å². The van der Waals surface area contributed by atoms with Crippen molar-refractivity contribution < 1.29 is 0 Å². The van der Waals surface area contributed by atoms with E-state index in [0.717, 1.165) is 5.52 Å². The molecule has 1 aromatic heterocycles. The molecular weight excluding hydrogens is 136 g/mol. The summed E-state index contributed by atoms with van der Waals surface area (Å²) in [5.74, 6) is 0. The van der Waals surface area contributed by atoms with Gasteiger partial charge in [0.25, 0.3) is 0 Å². The number of hydrogen-bond donors (Lipinski definition) is 0. The summed E-state index contributed by atoms with van der Waals surface area (Å²) < 4.78 is 1.89. The molecule has 1 heterocycles. The van der Waals surface area contributed by atoms with Gasteiger partial charge in [-0.1, -0.05) is 12.1 Å². The molecular formula is C9H9N2. The molecule has 2 nitrogen and oxygen atoms in total. The van der Waals surface area contributed by atoms with E-state index in [4.69, 9.17) is 0 Å². The Balaban J connectivity index is 2.92. The Morgan fingerprint density at radius 1 is 1.55 bits per heavy atom. The quantitative estimate of drug-likeness (QED) is 0.551. The van der Waals surface area contributed by atoms with Crippen molar-refractivity contribution in [2.24, 2.45) is 7.05 Å². The normalized spacial score (nSPS) is 10.7. The Morgan fingerprint density at radius 2 is 2.36 bits per heavy atom. The molecule has 0 N–H and O–H groups in total. The van der Waals surface area contributed by atoms with Crippen LogP contribution in [0.15, 0.2) is 18.2 Å². The Kier molecular flexibility index (Phi) is 1.22. The maximum atomic E-state index is 4.30. The van der Waals surface area contributed by atoms with E-state index in [1.807, 2.05) is 29.9 Å². The molecule has 0 spiro atoms. The van der Waals surface area contributed by atoms with Gasteiger partial charge in [-0.05, 0) is 19.1 Å². The molecule has 0 saturated heterocycles. The average molecular weight is 145 g/mol. The lowest BCUT2D eigenvalue weighted by molar-refractivity contribution is 0.751. The molecule has 0 aliphatic carbocycles. The summed E-state index contributed by atoms with van der Waals surface area (Å²) in [6, 6.07) is 8.86. The van der Waals surface area contributed by atoms with Crippen molar-refractivity contribution in [2.45, 2.75) is 6.92 Å². The van der Waals surface area contributed by atoms with Crippen molar-refractivity contribution >= 4 is 10.9 Å². The molecule has 2 heteroatoms. The van der Waals surface area contributed by atoms with Crippen molar-refractivity contribution in [2.75, 3.05) is 0 Å². The second kappa shape index (κ2) is 2.09. The highest BCUT2D eigenvalue weighted by Gasteiger charge is 2.01. The Labute approximate surface area is 65.5 Å². The number of rotatable bonds is 0. The van der Waals surface area contributed by atoms with Crippen molar-refractivity contribution in [1.29, 1.82) is 0 Å². The Bertz CT molecular complexity index is 387. The Hall–Kier alpha value is -1.31. The van der Waals surface area contributed by atoms with Crippen LogP contribution in [0.25, 0.3) is 10.9 Å². The van der Waals surface area contributed by atoms with Gasteiger partial charge in [-0.2, -0.15) is 5.10 Å². The number of hydrogen-bond acceptors (Lipinski definition) is 1. The van der Waals surface area contributed by atoms with Crippen molar-refractivity contribution in [3.8, 4) is 0 Å². The summed E-state index contributed by atoms with van der Waals surface area (Å²) in [5.41, 5.74) is 2.22. The van der Waals surface area contributed by atoms with Crippen LogP contribution in [0.2, 0.25) is 0 Å². The molecule has 2 rings (SSSR count). The third kappa shape index (κ3) is 0.827. The second-order valence-electron chi connectivity index (χ2n) is 2.65. The lowest BCUT2D eigenvalue weighted by atomic mass is 10.2. The topological polar surface area (TPSA) is 17.8 Å². The summed E-state index contributed by atoms with van der Waals surface area (Å²) in [6.07, 6.45) is 0. The molecule has 1 aromatic carbocycles. The standard InChI is InChI=1S/C9H9N2/c1-7-8-5-3-4-6-9(8)10-11(7)2/h3,5-6H,1-2H3. The first-order valence-corrected chi connectivity index (χ1v) is 3.58. The maximum Gasteiger partial charge on any atom is 0.0932 e. The smallest absolute Gasteiger partial charge is 0.0932 e. The fourth-order valence-corrected chi connectivity index (χ4v) is 1.22. The molecule has 0 atom stereocenters. The first kappa shape index (κ1) is 6.40. The summed E-state index contributed by atoms with van der Waals surface area (Å²) in [7, 11) is 1.95. The molecule has 0 bridgehead atoms. The van der Waals surface area contributed by atoms with Crippen LogP contribution in [-0.4, -0.2) is 9.78 Å². The van der Waals surface area contributed by atoms with E-state index in [2.05, 4.69) is 18.1 Å². The van der Waals surface area contributed by atoms with E-state index in [-0.39, 0.29) is 0 Å². The first-order chi connectivity index (χ1) is 5.29. The number of aromatic nitrogens is 2. The van der Waals surface area contributed by atoms with Gasteiger partial charge in [0.1, 0.15) is 0 Å². The van der Waals surface area contributed by atoms with Crippen LogP contribution in [0.1, 0.15) is 5.69 Å². The molecule has 0 aliphatic rings. The molecule has 11 heavy (non-hydrogen) atoms.